The molecule has 2 N–H and O–H groups in total. The van der Waals surface area contributed by atoms with Crippen molar-refractivity contribution in [2.45, 2.75) is 33.4 Å². The van der Waals surface area contributed by atoms with Crippen LogP contribution < -0.4 is 5.32 Å². The zero-order valence-electron chi connectivity index (χ0n) is 15.2. The van der Waals surface area contributed by atoms with Gasteiger partial charge in [-0.2, -0.15) is 10.2 Å². The van der Waals surface area contributed by atoms with E-state index in [4.69, 9.17) is 5.11 Å². The maximum absolute atomic E-state index is 12.3. The third-order valence-corrected chi connectivity index (χ3v) is 4.23. The van der Waals surface area contributed by atoms with Crippen molar-refractivity contribution < 1.29 is 14.7 Å². The van der Waals surface area contributed by atoms with Gasteiger partial charge in [-0.15, -0.1) is 0 Å². The maximum atomic E-state index is 12.3. The van der Waals surface area contributed by atoms with Crippen LogP contribution in [0.3, 0.4) is 0 Å². The minimum atomic E-state index is -0.911. The number of anilines is 1. The van der Waals surface area contributed by atoms with E-state index in [0.29, 0.717) is 12.4 Å². The van der Waals surface area contributed by atoms with Crippen molar-refractivity contribution in [1.29, 1.82) is 0 Å². The monoisotopic (exact) mass is 367 g/mol. The molecular weight excluding hydrogens is 346 g/mol. The topological polar surface area (TPSA) is 102 Å². The van der Waals surface area contributed by atoms with E-state index in [1.54, 1.807) is 18.3 Å². The molecule has 2 aromatic heterocycles. The molecule has 0 unspecified atom stereocenters. The van der Waals surface area contributed by atoms with E-state index in [1.807, 2.05) is 23.7 Å². The van der Waals surface area contributed by atoms with Gasteiger partial charge in [0.1, 0.15) is 0 Å². The largest absolute Gasteiger partial charge is 0.481 e. The average molecular weight is 367 g/mol. The second-order valence-electron chi connectivity index (χ2n) is 6.32. The molecule has 2 heterocycles. The summed E-state index contributed by atoms with van der Waals surface area (Å²) in [5.74, 6) is -0.845. The van der Waals surface area contributed by atoms with E-state index in [2.05, 4.69) is 34.6 Å². The van der Waals surface area contributed by atoms with Crippen LogP contribution in [0.1, 0.15) is 33.7 Å². The molecule has 0 aliphatic rings. The van der Waals surface area contributed by atoms with Crippen LogP contribution in [-0.2, 0) is 17.9 Å². The summed E-state index contributed by atoms with van der Waals surface area (Å²) in [6.45, 7) is 4.82. The zero-order valence-corrected chi connectivity index (χ0v) is 15.2. The summed E-state index contributed by atoms with van der Waals surface area (Å²) in [4.78, 5) is 23.0. The molecule has 1 amide bonds. The Balaban J connectivity index is 1.67. The first-order valence-corrected chi connectivity index (χ1v) is 8.58. The Hall–Kier alpha value is -3.42. The van der Waals surface area contributed by atoms with E-state index in [1.165, 1.54) is 15.8 Å². The molecule has 0 bridgehead atoms. The van der Waals surface area contributed by atoms with Crippen LogP contribution in [0.25, 0.3) is 0 Å². The summed E-state index contributed by atoms with van der Waals surface area (Å²) in [5, 5.41) is 20.0. The third kappa shape index (κ3) is 4.60. The number of amides is 1. The van der Waals surface area contributed by atoms with Crippen LogP contribution in [0.5, 0.6) is 0 Å². The van der Waals surface area contributed by atoms with Gasteiger partial charge in [-0.25, -0.2) is 0 Å². The lowest BCUT2D eigenvalue weighted by atomic mass is 10.1. The number of rotatable bonds is 7. The molecular formula is C19H21N5O3. The normalized spacial score (nSPS) is 10.7. The molecule has 1 aromatic carbocycles. The van der Waals surface area contributed by atoms with E-state index >= 15 is 0 Å². The molecule has 3 aromatic rings. The molecule has 8 heteroatoms. The smallest absolute Gasteiger partial charge is 0.305 e. The highest BCUT2D eigenvalue weighted by atomic mass is 16.4. The zero-order chi connectivity index (χ0) is 19.4. The summed E-state index contributed by atoms with van der Waals surface area (Å²) in [5.41, 5.74) is 3.50. The van der Waals surface area contributed by atoms with Crippen molar-refractivity contribution in [3.8, 4) is 0 Å². The number of aryl methyl sites for hydroxylation is 3. The number of aliphatic carboxylic acids is 1. The van der Waals surface area contributed by atoms with E-state index in [9.17, 15) is 9.59 Å². The van der Waals surface area contributed by atoms with Gasteiger partial charge in [-0.1, -0.05) is 24.3 Å². The van der Waals surface area contributed by atoms with Crippen molar-refractivity contribution in [1.82, 2.24) is 19.6 Å². The van der Waals surface area contributed by atoms with Crippen LogP contribution in [0, 0.1) is 13.8 Å². The van der Waals surface area contributed by atoms with Crippen LogP contribution in [0.2, 0.25) is 0 Å². The Morgan fingerprint density at radius 1 is 1.15 bits per heavy atom. The number of nitrogens with one attached hydrogen (secondary N) is 1. The summed E-state index contributed by atoms with van der Waals surface area (Å²) < 4.78 is 3.27. The van der Waals surface area contributed by atoms with Gasteiger partial charge in [0, 0.05) is 18.0 Å². The predicted molar refractivity (Wildman–Crippen MR) is 99.7 cm³/mol. The highest BCUT2D eigenvalue weighted by Gasteiger charge is 2.13. The first kappa shape index (κ1) is 18.4. The van der Waals surface area contributed by atoms with Gasteiger partial charge in [-0.05, 0) is 31.0 Å². The highest BCUT2D eigenvalue weighted by Crippen LogP contribution is 2.14. The SMILES string of the molecule is Cc1ccccc1Cn1nc(NC(=O)c2ccn(CCC(=O)O)n2)cc1C. The summed E-state index contributed by atoms with van der Waals surface area (Å²) in [6.07, 6.45) is 1.53. The molecule has 0 spiro atoms. The second-order valence-corrected chi connectivity index (χ2v) is 6.32. The standard InChI is InChI=1S/C19H21N5O3/c1-13-5-3-4-6-15(13)12-24-14(2)11-17(22-24)20-19(27)16-7-9-23(21-16)10-8-18(25)26/h3-7,9,11H,8,10,12H2,1-2H3,(H,25,26)(H,20,22,27). The number of aromatic nitrogens is 4. The third-order valence-electron chi connectivity index (χ3n) is 4.23. The van der Waals surface area contributed by atoms with Gasteiger partial charge in [0.2, 0.25) is 0 Å². The lowest BCUT2D eigenvalue weighted by molar-refractivity contribution is -0.137. The average Bonchev–Trinajstić information content (AvgIpc) is 3.22. The molecule has 140 valence electrons. The minimum absolute atomic E-state index is 0.0504. The molecule has 0 aliphatic heterocycles. The number of carboxylic acids is 1. The molecule has 0 atom stereocenters. The van der Waals surface area contributed by atoms with Crippen molar-refractivity contribution in [2.24, 2.45) is 0 Å². The number of carboxylic acid groups (broad SMARTS) is 1. The number of nitrogens with zero attached hydrogens (tertiary/aromatic N) is 4. The first-order chi connectivity index (χ1) is 12.9. The van der Waals surface area contributed by atoms with Crippen LogP contribution in [0.15, 0.2) is 42.6 Å². The fourth-order valence-electron chi connectivity index (χ4n) is 2.68. The summed E-state index contributed by atoms with van der Waals surface area (Å²) >= 11 is 0. The Kier molecular flexibility index (Phi) is 5.35. The Labute approximate surface area is 156 Å². The van der Waals surface area contributed by atoms with E-state index < -0.39 is 5.97 Å². The quantitative estimate of drug-likeness (QED) is 0.668. The van der Waals surface area contributed by atoms with Gasteiger partial charge in [-0.3, -0.25) is 19.0 Å². The number of carbonyl (C=O) groups is 2. The van der Waals surface area contributed by atoms with Gasteiger partial charge in [0.25, 0.3) is 5.91 Å². The number of hydrogen-bond donors (Lipinski definition) is 2. The van der Waals surface area contributed by atoms with Crippen molar-refractivity contribution in [3.63, 3.8) is 0 Å². The molecule has 0 radical (unpaired) electrons. The fourth-order valence-corrected chi connectivity index (χ4v) is 2.68. The Bertz CT molecular complexity index is 973. The maximum Gasteiger partial charge on any atom is 0.305 e. The van der Waals surface area contributed by atoms with Gasteiger partial charge in [0.15, 0.2) is 11.5 Å². The number of carbonyl (C=O) groups excluding carboxylic acids is 1. The van der Waals surface area contributed by atoms with E-state index in [0.717, 1.165) is 5.69 Å². The second kappa shape index (κ2) is 7.86. The highest BCUT2D eigenvalue weighted by molar-refractivity contribution is 6.02. The lowest BCUT2D eigenvalue weighted by Gasteiger charge is -2.07. The number of hydrogen-bond acceptors (Lipinski definition) is 4. The minimum Gasteiger partial charge on any atom is -0.481 e. The molecule has 0 saturated carbocycles. The Morgan fingerprint density at radius 2 is 1.93 bits per heavy atom. The van der Waals surface area contributed by atoms with Crippen molar-refractivity contribution in [3.05, 3.63) is 65.1 Å². The van der Waals surface area contributed by atoms with Crippen LogP contribution in [-0.4, -0.2) is 36.5 Å². The lowest BCUT2D eigenvalue weighted by Crippen LogP contribution is -2.14. The summed E-state index contributed by atoms with van der Waals surface area (Å²) in [6, 6.07) is 11.4. The molecule has 0 aliphatic carbocycles. The van der Waals surface area contributed by atoms with Gasteiger partial charge in [0.05, 0.1) is 19.5 Å². The molecule has 0 saturated heterocycles. The van der Waals surface area contributed by atoms with Crippen molar-refractivity contribution in [2.75, 3.05) is 5.32 Å². The van der Waals surface area contributed by atoms with Crippen molar-refractivity contribution >= 4 is 17.7 Å². The van der Waals surface area contributed by atoms with Crippen LogP contribution in [0.4, 0.5) is 5.82 Å². The molecule has 0 fully saturated rings. The van der Waals surface area contributed by atoms with Gasteiger partial charge < -0.3 is 10.4 Å². The fraction of sp³-hybridized carbons (Fsp3) is 0.263. The molecule has 8 nitrogen and oxygen atoms in total. The van der Waals surface area contributed by atoms with E-state index in [-0.39, 0.29) is 24.6 Å². The predicted octanol–water partition coefficient (Wildman–Crippen LogP) is 2.47. The first-order valence-electron chi connectivity index (χ1n) is 8.58. The molecule has 3 rings (SSSR count). The number of benzene rings is 1. The molecule has 27 heavy (non-hydrogen) atoms. The van der Waals surface area contributed by atoms with Gasteiger partial charge >= 0.3 is 5.97 Å². The Morgan fingerprint density at radius 3 is 2.67 bits per heavy atom. The summed E-state index contributed by atoms with van der Waals surface area (Å²) in [7, 11) is 0. The van der Waals surface area contributed by atoms with Crippen LogP contribution >= 0.6 is 0 Å².